The first-order chi connectivity index (χ1) is 10.8. The molecule has 0 aliphatic heterocycles. The third kappa shape index (κ3) is 3.27. The molecular weight excluding hydrogens is 365 g/mol. The highest BCUT2D eigenvalue weighted by molar-refractivity contribution is 5.58. The van der Waals surface area contributed by atoms with Crippen LogP contribution < -0.4 is 5.73 Å². The third-order valence-corrected chi connectivity index (χ3v) is 3.74. The zero-order valence-electron chi connectivity index (χ0n) is 13.6. The van der Waals surface area contributed by atoms with Crippen LogP contribution in [0.25, 0.3) is 0 Å². The molecule has 1 nitrogen and oxygen atoms in total. The fraction of sp³-hybridized carbons (Fsp3) is 0.600. The van der Waals surface area contributed by atoms with Crippen molar-refractivity contribution in [3.63, 3.8) is 0 Å². The topological polar surface area (TPSA) is 26.0 Å². The average molecular weight is 381 g/mol. The van der Waals surface area contributed by atoms with Gasteiger partial charge in [0, 0.05) is 5.69 Å². The molecule has 25 heavy (non-hydrogen) atoms. The average Bonchev–Trinajstić information content (AvgIpc) is 2.38. The smallest absolute Gasteiger partial charge is 0.398 e. The van der Waals surface area contributed by atoms with Crippen molar-refractivity contribution in [2.24, 2.45) is 0 Å². The van der Waals surface area contributed by atoms with Crippen LogP contribution in [0.4, 0.5) is 45.2 Å². The van der Waals surface area contributed by atoms with Crippen LogP contribution in [0.5, 0.6) is 0 Å². The number of halogens is 9. The van der Waals surface area contributed by atoms with Crippen molar-refractivity contribution >= 4 is 5.69 Å². The zero-order valence-corrected chi connectivity index (χ0v) is 13.6. The molecule has 0 bridgehead atoms. The van der Waals surface area contributed by atoms with Crippen molar-refractivity contribution in [3.05, 3.63) is 28.8 Å². The lowest BCUT2D eigenvalue weighted by Gasteiger charge is -2.35. The molecule has 1 rings (SSSR count). The Bertz CT molecular complexity index is 654. The Labute approximate surface area is 138 Å². The lowest BCUT2D eigenvalue weighted by atomic mass is 9.82. The van der Waals surface area contributed by atoms with Crippen molar-refractivity contribution in [3.8, 4) is 0 Å². The lowest BCUT2D eigenvalue weighted by molar-refractivity contribution is -0.399. The number of aryl methyl sites for hydroxylation is 1. The van der Waals surface area contributed by atoms with E-state index in [1.807, 2.05) is 0 Å². The van der Waals surface area contributed by atoms with Crippen molar-refractivity contribution in [1.82, 2.24) is 0 Å². The summed E-state index contributed by atoms with van der Waals surface area (Å²) in [6, 6.07) is 1.71. The van der Waals surface area contributed by atoms with Crippen LogP contribution in [0.3, 0.4) is 0 Å². The molecule has 1 aromatic carbocycles. The lowest BCUT2D eigenvalue weighted by Crippen LogP contribution is -2.59. The van der Waals surface area contributed by atoms with Gasteiger partial charge in [-0.3, -0.25) is 0 Å². The molecule has 10 heteroatoms. The molecule has 0 saturated carbocycles. The normalized spacial score (nSPS) is 14.8. The summed E-state index contributed by atoms with van der Waals surface area (Å²) in [5.74, 6) is -19.6. The van der Waals surface area contributed by atoms with Crippen LogP contribution in [0.15, 0.2) is 12.1 Å². The number of nitrogen functional groups attached to an aromatic ring is 1. The zero-order chi connectivity index (χ0) is 20.2. The van der Waals surface area contributed by atoms with Crippen LogP contribution in [0.1, 0.15) is 37.5 Å². The standard InChI is InChI=1S/C15H16F9N/c1-7-5-8(11(2,3)4)6-9(10(7)25)12(16,17)13(18,19)14(20,21)15(22,23)24/h5-6H,25H2,1-4H3. The van der Waals surface area contributed by atoms with Gasteiger partial charge in [0.2, 0.25) is 0 Å². The van der Waals surface area contributed by atoms with Gasteiger partial charge < -0.3 is 5.73 Å². The van der Waals surface area contributed by atoms with Crippen molar-refractivity contribution < 1.29 is 39.5 Å². The van der Waals surface area contributed by atoms with E-state index in [9.17, 15) is 39.5 Å². The maximum atomic E-state index is 14.2. The van der Waals surface area contributed by atoms with Gasteiger partial charge in [-0.05, 0) is 29.5 Å². The van der Waals surface area contributed by atoms with Crippen LogP contribution in [-0.4, -0.2) is 18.0 Å². The minimum absolute atomic E-state index is 0.0278. The third-order valence-electron chi connectivity index (χ3n) is 3.74. The van der Waals surface area contributed by atoms with Gasteiger partial charge in [-0.15, -0.1) is 0 Å². The van der Waals surface area contributed by atoms with E-state index in [0.29, 0.717) is 6.07 Å². The number of rotatable bonds is 3. The highest BCUT2D eigenvalue weighted by Gasteiger charge is 2.82. The van der Waals surface area contributed by atoms with Gasteiger partial charge >= 0.3 is 23.9 Å². The summed E-state index contributed by atoms with van der Waals surface area (Å²) in [4.78, 5) is 0. The number of anilines is 1. The molecule has 0 spiro atoms. The van der Waals surface area contributed by atoms with Crippen molar-refractivity contribution in [2.45, 2.75) is 57.1 Å². The number of hydrogen-bond donors (Lipinski definition) is 1. The first-order valence-electron chi connectivity index (χ1n) is 6.89. The van der Waals surface area contributed by atoms with E-state index in [4.69, 9.17) is 5.73 Å². The molecule has 2 N–H and O–H groups in total. The van der Waals surface area contributed by atoms with Crippen molar-refractivity contribution in [1.29, 1.82) is 0 Å². The highest BCUT2D eigenvalue weighted by atomic mass is 19.4. The maximum Gasteiger partial charge on any atom is 0.460 e. The Hall–Kier alpha value is -1.61. The van der Waals surface area contributed by atoms with Gasteiger partial charge in [-0.2, -0.15) is 39.5 Å². The van der Waals surface area contributed by atoms with Gasteiger partial charge in [0.05, 0.1) is 5.56 Å². The molecular formula is C15H16F9N. The molecule has 0 aliphatic rings. The second kappa shape index (κ2) is 5.70. The highest BCUT2D eigenvalue weighted by Crippen LogP contribution is 2.57. The second-order valence-electron chi connectivity index (χ2n) is 6.73. The number of alkyl halides is 9. The predicted octanol–water partition coefficient (Wildman–Crippen LogP) is 5.80. The van der Waals surface area contributed by atoms with Crippen LogP contribution in [0, 0.1) is 6.92 Å². The monoisotopic (exact) mass is 381 g/mol. The molecule has 0 unspecified atom stereocenters. The Morgan fingerprint density at radius 2 is 1.20 bits per heavy atom. The van der Waals surface area contributed by atoms with Gasteiger partial charge in [0.15, 0.2) is 0 Å². The largest absolute Gasteiger partial charge is 0.460 e. The Kier molecular flexibility index (Phi) is 4.89. The fourth-order valence-electron chi connectivity index (χ4n) is 2.04. The van der Waals surface area contributed by atoms with E-state index in [0.717, 1.165) is 6.92 Å². The Balaban J connectivity index is 3.71. The first-order valence-corrected chi connectivity index (χ1v) is 6.89. The fourth-order valence-corrected chi connectivity index (χ4v) is 2.04. The summed E-state index contributed by atoms with van der Waals surface area (Å²) >= 11 is 0. The molecule has 0 aromatic heterocycles. The minimum atomic E-state index is -6.96. The van der Waals surface area contributed by atoms with E-state index in [1.165, 1.54) is 26.8 Å². The molecule has 0 fully saturated rings. The van der Waals surface area contributed by atoms with E-state index in [2.05, 4.69) is 0 Å². The number of hydrogen-bond acceptors (Lipinski definition) is 1. The summed E-state index contributed by atoms with van der Waals surface area (Å²) in [6.45, 7) is 5.71. The van der Waals surface area contributed by atoms with Crippen LogP contribution in [-0.2, 0) is 11.3 Å². The first kappa shape index (κ1) is 21.4. The Morgan fingerprint density at radius 3 is 1.56 bits per heavy atom. The minimum Gasteiger partial charge on any atom is -0.398 e. The van der Waals surface area contributed by atoms with Crippen molar-refractivity contribution in [2.75, 3.05) is 5.73 Å². The molecule has 0 radical (unpaired) electrons. The quantitative estimate of drug-likeness (QED) is 0.520. The van der Waals surface area contributed by atoms with E-state index in [-0.39, 0.29) is 11.1 Å². The Morgan fingerprint density at radius 1 is 0.760 bits per heavy atom. The van der Waals surface area contributed by atoms with Crippen LogP contribution in [0.2, 0.25) is 0 Å². The van der Waals surface area contributed by atoms with Gasteiger partial charge in [-0.1, -0.05) is 26.8 Å². The molecule has 0 aliphatic carbocycles. The SMILES string of the molecule is Cc1cc(C(C)(C)C)cc(C(F)(F)C(F)(F)C(F)(F)C(F)(F)F)c1N. The summed E-state index contributed by atoms with van der Waals surface area (Å²) < 4.78 is 118. The molecule has 0 atom stereocenters. The summed E-state index contributed by atoms with van der Waals surface area (Å²) in [7, 11) is 0. The van der Waals surface area contributed by atoms with Gasteiger partial charge in [-0.25, -0.2) is 0 Å². The van der Waals surface area contributed by atoms with E-state index >= 15 is 0 Å². The molecule has 144 valence electrons. The maximum absolute atomic E-state index is 14.2. The van der Waals surface area contributed by atoms with Crippen LogP contribution >= 0.6 is 0 Å². The van der Waals surface area contributed by atoms with E-state index in [1.54, 1.807) is 0 Å². The summed E-state index contributed by atoms with van der Waals surface area (Å²) in [5.41, 5.74) is 1.55. The predicted molar refractivity (Wildman–Crippen MR) is 74.1 cm³/mol. The summed E-state index contributed by atoms with van der Waals surface area (Å²) in [5, 5.41) is 0. The second-order valence-corrected chi connectivity index (χ2v) is 6.73. The molecule has 0 heterocycles. The van der Waals surface area contributed by atoms with E-state index < -0.39 is 40.6 Å². The number of nitrogens with two attached hydrogens (primary N) is 1. The summed E-state index contributed by atoms with van der Waals surface area (Å²) in [6.07, 6.45) is -6.87. The molecule has 0 saturated heterocycles. The molecule has 1 aromatic rings. The van der Waals surface area contributed by atoms with Gasteiger partial charge in [0.25, 0.3) is 0 Å². The van der Waals surface area contributed by atoms with Gasteiger partial charge in [0.1, 0.15) is 0 Å². The molecule has 0 amide bonds. The number of benzene rings is 1.